The van der Waals surface area contributed by atoms with Gasteiger partial charge in [0.2, 0.25) is 0 Å². The second-order valence-corrected chi connectivity index (χ2v) is 3.37. The first-order valence-corrected chi connectivity index (χ1v) is 4.77. The molecule has 0 bridgehead atoms. The predicted molar refractivity (Wildman–Crippen MR) is 60.2 cm³/mol. The molecule has 0 spiro atoms. The molecule has 0 atom stereocenters. The van der Waals surface area contributed by atoms with Crippen molar-refractivity contribution in [3.63, 3.8) is 0 Å². The summed E-state index contributed by atoms with van der Waals surface area (Å²) >= 11 is 5.65. The molecule has 0 saturated carbocycles. The highest BCUT2D eigenvalue weighted by Crippen LogP contribution is 2.22. The Morgan fingerprint density at radius 1 is 1.00 bits per heavy atom. The first-order chi connectivity index (χ1) is 7.24. The van der Waals surface area contributed by atoms with E-state index in [0.717, 1.165) is 0 Å². The van der Waals surface area contributed by atoms with Crippen LogP contribution in [0.4, 0.5) is 5.69 Å². The van der Waals surface area contributed by atoms with Crippen molar-refractivity contribution in [3.8, 4) is 11.5 Å². The summed E-state index contributed by atoms with van der Waals surface area (Å²) in [5.74, 6) is 1.36. The van der Waals surface area contributed by atoms with Crippen LogP contribution in [0.1, 0.15) is 0 Å². The van der Waals surface area contributed by atoms with E-state index in [2.05, 4.69) is 4.98 Å². The number of hydrogen-bond donors (Lipinski definition) is 1. The van der Waals surface area contributed by atoms with Gasteiger partial charge in [0.15, 0.2) is 0 Å². The summed E-state index contributed by atoms with van der Waals surface area (Å²) in [6.07, 6.45) is 1.57. The Bertz CT molecular complexity index is 396. The number of benzene rings is 1. The number of aromatic nitrogens is 1. The zero-order valence-corrected chi connectivity index (χ0v) is 8.61. The van der Waals surface area contributed by atoms with Crippen LogP contribution in [0.3, 0.4) is 0 Å². The van der Waals surface area contributed by atoms with Crippen LogP contribution < -0.4 is 10.5 Å². The lowest BCUT2D eigenvalue weighted by molar-refractivity contribution is 0.480. The molecule has 15 heavy (non-hydrogen) atoms. The Morgan fingerprint density at radius 3 is 2.27 bits per heavy atom. The third-order valence-electron chi connectivity index (χ3n) is 1.82. The standard InChI is InChI=1S/C11H9ClN2O/c12-11-6-5-10(7-14-11)15-9-3-1-8(13)2-4-9/h1-7H,13H2. The number of anilines is 1. The monoisotopic (exact) mass is 220 g/mol. The van der Waals surface area contributed by atoms with E-state index in [4.69, 9.17) is 22.1 Å². The van der Waals surface area contributed by atoms with Gasteiger partial charge < -0.3 is 10.5 Å². The van der Waals surface area contributed by atoms with Crippen LogP contribution in [-0.2, 0) is 0 Å². The average Bonchev–Trinajstić information content (AvgIpc) is 2.25. The first-order valence-electron chi connectivity index (χ1n) is 4.39. The van der Waals surface area contributed by atoms with E-state index < -0.39 is 0 Å². The van der Waals surface area contributed by atoms with Crippen LogP contribution in [0.15, 0.2) is 42.6 Å². The van der Waals surface area contributed by atoms with Crippen molar-refractivity contribution < 1.29 is 4.74 Å². The number of ether oxygens (including phenoxy) is 1. The molecular formula is C11H9ClN2O. The molecule has 0 aliphatic rings. The fourth-order valence-electron chi connectivity index (χ4n) is 1.09. The molecule has 2 N–H and O–H groups in total. The maximum atomic E-state index is 5.65. The lowest BCUT2D eigenvalue weighted by Gasteiger charge is -2.04. The zero-order chi connectivity index (χ0) is 10.7. The molecule has 0 saturated heterocycles. The zero-order valence-electron chi connectivity index (χ0n) is 7.85. The molecule has 2 aromatic rings. The number of hydrogen-bond acceptors (Lipinski definition) is 3. The van der Waals surface area contributed by atoms with E-state index in [-0.39, 0.29) is 0 Å². The molecule has 1 aromatic heterocycles. The topological polar surface area (TPSA) is 48.1 Å². The summed E-state index contributed by atoms with van der Waals surface area (Å²) in [5.41, 5.74) is 6.26. The summed E-state index contributed by atoms with van der Waals surface area (Å²) in [6, 6.07) is 10.6. The second-order valence-electron chi connectivity index (χ2n) is 2.99. The Balaban J connectivity index is 2.15. The van der Waals surface area contributed by atoms with Crippen LogP contribution in [-0.4, -0.2) is 4.98 Å². The van der Waals surface area contributed by atoms with Crippen molar-refractivity contribution in [2.75, 3.05) is 5.73 Å². The van der Waals surface area contributed by atoms with Gasteiger partial charge in [0.1, 0.15) is 16.7 Å². The number of pyridine rings is 1. The molecule has 3 nitrogen and oxygen atoms in total. The molecule has 2 rings (SSSR count). The highest BCUT2D eigenvalue weighted by Gasteiger charge is 1.97. The molecule has 0 aliphatic heterocycles. The lowest BCUT2D eigenvalue weighted by atomic mass is 10.3. The molecular weight excluding hydrogens is 212 g/mol. The number of rotatable bonds is 2. The predicted octanol–water partition coefficient (Wildman–Crippen LogP) is 3.11. The Hall–Kier alpha value is -1.74. The molecule has 1 heterocycles. The summed E-state index contributed by atoms with van der Waals surface area (Å²) in [5, 5.41) is 0.444. The minimum Gasteiger partial charge on any atom is -0.456 e. The Morgan fingerprint density at radius 2 is 1.67 bits per heavy atom. The molecule has 0 radical (unpaired) electrons. The largest absolute Gasteiger partial charge is 0.456 e. The van der Waals surface area contributed by atoms with Gasteiger partial charge in [-0.2, -0.15) is 0 Å². The quantitative estimate of drug-likeness (QED) is 0.625. The molecule has 0 unspecified atom stereocenters. The fourth-order valence-corrected chi connectivity index (χ4v) is 1.21. The van der Waals surface area contributed by atoms with Gasteiger partial charge in [-0.05, 0) is 36.4 Å². The second kappa shape index (κ2) is 4.19. The number of halogens is 1. The van der Waals surface area contributed by atoms with Crippen molar-refractivity contribution in [1.29, 1.82) is 0 Å². The van der Waals surface area contributed by atoms with E-state index in [9.17, 15) is 0 Å². The van der Waals surface area contributed by atoms with E-state index in [0.29, 0.717) is 22.3 Å². The van der Waals surface area contributed by atoms with Crippen LogP contribution in [0.25, 0.3) is 0 Å². The van der Waals surface area contributed by atoms with Crippen LogP contribution in [0.5, 0.6) is 11.5 Å². The van der Waals surface area contributed by atoms with Gasteiger partial charge in [-0.25, -0.2) is 4.98 Å². The van der Waals surface area contributed by atoms with Crippen molar-refractivity contribution in [2.45, 2.75) is 0 Å². The van der Waals surface area contributed by atoms with Gasteiger partial charge in [-0.1, -0.05) is 11.6 Å². The fraction of sp³-hybridized carbons (Fsp3) is 0. The van der Waals surface area contributed by atoms with Crippen molar-refractivity contribution >= 4 is 17.3 Å². The molecule has 76 valence electrons. The minimum absolute atomic E-state index is 0.444. The van der Waals surface area contributed by atoms with Crippen molar-refractivity contribution in [2.24, 2.45) is 0 Å². The normalized spacial score (nSPS) is 9.93. The van der Waals surface area contributed by atoms with Crippen LogP contribution in [0, 0.1) is 0 Å². The highest BCUT2D eigenvalue weighted by atomic mass is 35.5. The Kier molecular flexibility index (Phi) is 2.74. The summed E-state index contributed by atoms with van der Waals surface area (Å²) < 4.78 is 5.51. The van der Waals surface area contributed by atoms with Gasteiger partial charge >= 0.3 is 0 Å². The SMILES string of the molecule is Nc1ccc(Oc2ccc(Cl)nc2)cc1. The van der Waals surface area contributed by atoms with E-state index in [1.807, 2.05) is 0 Å². The number of nitrogens with two attached hydrogens (primary N) is 1. The first kappa shape index (κ1) is 9.80. The Labute approximate surface area is 92.5 Å². The third kappa shape index (κ3) is 2.60. The van der Waals surface area contributed by atoms with Crippen molar-refractivity contribution in [3.05, 3.63) is 47.7 Å². The number of nitrogen functional groups attached to an aromatic ring is 1. The van der Waals surface area contributed by atoms with E-state index in [1.54, 1.807) is 42.6 Å². The summed E-state index contributed by atoms with van der Waals surface area (Å²) in [4.78, 5) is 3.91. The summed E-state index contributed by atoms with van der Waals surface area (Å²) in [7, 11) is 0. The van der Waals surface area contributed by atoms with E-state index in [1.165, 1.54) is 0 Å². The maximum absolute atomic E-state index is 5.65. The minimum atomic E-state index is 0.444. The smallest absolute Gasteiger partial charge is 0.145 e. The molecule has 1 aromatic carbocycles. The highest BCUT2D eigenvalue weighted by molar-refractivity contribution is 6.29. The summed E-state index contributed by atoms with van der Waals surface area (Å²) in [6.45, 7) is 0. The molecule has 4 heteroatoms. The van der Waals surface area contributed by atoms with Crippen molar-refractivity contribution in [1.82, 2.24) is 4.98 Å². The number of nitrogens with zero attached hydrogens (tertiary/aromatic N) is 1. The maximum Gasteiger partial charge on any atom is 0.145 e. The average molecular weight is 221 g/mol. The van der Waals surface area contributed by atoms with Gasteiger partial charge in [0.25, 0.3) is 0 Å². The van der Waals surface area contributed by atoms with Crippen LogP contribution >= 0.6 is 11.6 Å². The molecule has 0 fully saturated rings. The van der Waals surface area contributed by atoms with Crippen LogP contribution in [0.2, 0.25) is 5.15 Å². The molecule has 0 aliphatic carbocycles. The van der Waals surface area contributed by atoms with Gasteiger partial charge in [-0.15, -0.1) is 0 Å². The van der Waals surface area contributed by atoms with Gasteiger partial charge in [0, 0.05) is 5.69 Å². The van der Waals surface area contributed by atoms with Gasteiger partial charge in [0.05, 0.1) is 6.20 Å². The lowest BCUT2D eigenvalue weighted by Crippen LogP contribution is -1.87. The van der Waals surface area contributed by atoms with E-state index >= 15 is 0 Å². The molecule has 0 amide bonds. The van der Waals surface area contributed by atoms with Gasteiger partial charge in [-0.3, -0.25) is 0 Å². The third-order valence-corrected chi connectivity index (χ3v) is 2.04.